The molecule has 2 amide bonds. The molecule has 4 aromatic carbocycles. The Morgan fingerprint density at radius 2 is 0.971 bits per heavy atom. The van der Waals surface area contributed by atoms with Gasteiger partial charge in [-0.15, -0.1) is 0 Å². The summed E-state index contributed by atoms with van der Waals surface area (Å²) in [5.74, 6) is -2.17. The van der Waals surface area contributed by atoms with Gasteiger partial charge in [-0.1, -0.05) is 11.8 Å². The van der Waals surface area contributed by atoms with Gasteiger partial charge in [0.15, 0.2) is 0 Å². The zero-order valence-corrected chi connectivity index (χ0v) is 19.0. The van der Waals surface area contributed by atoms with E-state index >= 15 is 0 Å². The van der Waals surface area contributed by atoms with Gasteiger partial charge in [-0.05, 0) is 84.9 Å². The number of hydrogen-bond donors (Lipinski definition) is 4. The summed E-state index contributed by atoms with van der Waals surface area (Å²) < 4.78 is 27.2. The number of hydrogen-bond acceptors (Lipinski definition) is 5. The zero-order chi connectivity index (χ0) is 24.9. The minimum absolute atomic E-state index is 0.0180. The predicted molar refractivity (Wildman–Crippen MR) is 135 cm³/mol. The van der Waals surface area contributed by atoms with E-state index in [1.54, 1.807) is 24.3 Å². The maximum atomic E-state index is 13.6. The molecule has 6 N–H and O–H groups in total. The van der Waals surface area contributed by atoms with E-state index in [9.17, 15) is 18.4 Å². The van der Waals surface area contributed by atoms with Gasteiger partial charge in [0.25, 0.3) is 11.8 Å². The van der Waals surface area contributed by atoms with Crippen molar-refractivity contribution in [3.8, 4) is 0 Å². The highest BCUT2D eigenvalue weighted by Gasteiger charge is 2.10. The van der Waals surface area contributed by atoms with Crippen LogP contribution < -0.4 is 22.1 Å². The Labute approximate surface area is 204 Å². The highest BCUT2D eigenvalue weighted by molar-refractivity contribution is 7.99. The first kappa shape index (κ1) is 23.8. The fourth-order valence-corrected chi connectivity index (χ4v) is 3.91. The molecule has 0 aliphatic rings. The summed E-state index contributed by atoms with van der Waals surface area (Å²) in [4.78, 5) is 26.5. The van der Waals surface area contributed by atoms with E-state index in [-0.39, 0.29) is 22.5 Å². The number of nitrogen functional groups attached to an aromatic ring is 2. The van der Waals surface area contributed by atoms with Crippen molar-refractivity contribution in [2.24, 2.45) is 0 Å². The van der Waals surface area contributed by atoms with Gasteiger partial charge in [0, 0.05) is 32.3 Å². The number of anilines is 4. The first-order chi connectivity index (χ1) is 16.8. The minimum Gasteiger partial charge on any atom is -0.396 e. The average molecular weight is 491 g/mol. The Kier molecular flexibility index (Phi) is 6.98. The molecule has 4 rings (SSSR count). The number of rotatable bonds is 6. The number of halogens is 2. The van der Waals surface area contributed by atoms with Crippen LogP contribution in [0.2, 0.25) is 0 Å². The van der Waals surface area contributed by atoms with Crippen molar-refractivity contribution in [3.63, 3.8) is 0 Å². The molecule has 0 heterocycles. The van der Waals surface area contributed by atoms with Crippen LogP contribution in [0.3, 0.4) is 0 Å². The molecule has 6 nitrogen and oxygen atoms in total. The molecule has 0 fully saturated rings. The van der Waals surface area contributed by atoms with E-state index in [1.807, 2.05) is 24.3 Å². The molecular weight excluding hydrogens is 470 g/mol. The Bertz CT molecular complexity index is 1290. The number of benzene rings is 4. The van der Waals surface area contributed by atoms with E-state index < -0.39 is 23.4 Å². The van der Waals surface area contributed by atoms with Gasteiger partial charge in [0.05, 0.1) is 11.4 Å². The van der Waals surface area contributed by atoms with Gasteiger partial charge >= 0.3 is 0 Å². The summed E-state index contributed by atoms with van der Waals surface area (Å²) in [6.07, 6.45) is 0. The second-order valence-corrected chi connectivity index (χ2v) is 8.68. The Hall–Kier alpha value is -4.37. The lowest BCUT2D eigenvalue weighted by Gasteiger charge is -2.09. The van der Waals surface area contributed by atoms with Crippen molar-refractivity contribution in [1.82, 2.24) is 0 Å². The summed E-state index contributed by atoms with van der Waals surface area (Å²) in [6, 6.07) is 22.1. The first-order valence-electron chi connectivity index (χ1n) is 10.4. The average Bonchev–Trinajstić information content (AvgIpc) is 2.85. The van der Waals surface area contributed by atoms with Crippen LogP contribution in [0.4, 0.5) is 31.5 Å². The number of carbonyl (C=O) groups excluding carboxylic acids is 2. The van der Waals surface area contributed by atoms with E-state index in [2.05, 4.69) is 10.6 Å². The summed E-state index contributed by atoms with van der Waals surface area (Å²) in [5.41, 5.74) is 12.3. The maximum Gasteiger partial charge on any atom is 0.255 e. The fourth-order valence-electron chi connectivity index (χ4n) is 3.09. The van der Waals surface area contributed by atoms with Crippen molar-refractivity contribution in [3.05, 3.63) is 108 Å². The fraction of sp³-hybridized carbons (Fsp3) is 0. The topological polar surface area (TPSA) is 110 Å². The molecule has 176 valence electrons. The number of nitrogens with one attached hydrogen (secondary N) is 2. The van der Waals surface area contributed by atoms with Crippen molar-refractivity contribution >= 4 is 46.3 Å². The lowest BCUT2D eigenvalue weighted by atomic mass is 10.2. The molecule has 0 aliphatic carbocycles. The Balaban J connectivity index is 1.34. The van der Waals surface area contributed by atoms with Crippen LogP contribution in [0.15, 0.2) is 94.7 Å². The van der Waals surface area contributed by atoms with Crippen LogP contribution in [0, 0.1) is 11.6 Å². The first-order valence-corrected chi connectivity index (χ1v) is 11.2. The lowest BCUT2D eigenvalue weighted by molar-refractivity contribution is 0.101. The highest BCUT2D eigenvalue weighted by Crippen LogP contribution is 2.29. The van der Waals surface area contributed by atoms with E-state index in [1.165, 1.54) is 36.0 Å². The standard InChI is InChI=1S/C26H20F2N4O2S/c27-21-13-15(1-11-23(21)29)25(33)31-17-3-7-19(8-4-17)35-20-9-5-18(6-10-20)32-26(34)16-2-12-24(30)22(28)14-16/h1-14H,29-30H2,(H,31,33)(H,32,34). The van der Waals surface area contributed by atoms with Gasteiger partial charge in [-0.2, -0.15) is 0 Å². The SMILES string of the molecule is Nc1ccc(C(=O)Nc2ccc(Sc3ccc(NC(=O)c4ccc(N)c(F)c4)cc3)cc2)cc1F. The largest absolute Gasteiger partial charge is 0.396 e. The normalized spacial score (nSPS) is 10.6. The van der Waals surface area contributed by atoms with Crippen molar-refractivity contribution in [2.75, 3.05) is 22.1 Å². The van der Waals surface area contributed by atoms with E-state index in [0.717, 1.165) is 21.9 Å². The zero-order valence-electron chi connectivity index (χ0n) is 18.2. The van der Waals surface area contributed by atoms with Crippen molar-refractivity contribution in [2.45, 2.75) is 9.79 Å². The molecule has 0 radical (unpaired) electrons. The second-order valence-electron chi connectivity index (χ2n) is 7.53. The maximum absolute atomic E-state index is 13.6. The number of amides is 2. The molecule has 0 saturated carbocycles. The quantitative estimate of drug-likeness (QED) is 0.256. The summed E-state index contributed by atoms with van der Waals surface area (Å²) in [7, 11) is 0. The molecule has 0 atom stereocenters. The lowest BCUT2D eigenvalue weighted by Crippen LogP contribution is -2.12. The number of nitrogens with two attached hydrogens (primary N) is 2. The van der Waals surface area contributed by atoms with Crippen molar-refractivity contribution < 1.29 is 18.4 Å². The van der Waals surface area contributed by atoms with Crippen molar-refractivity contribution in [1.29, 1.82) is 0 Å². The molecule has 0 bridgehead atoms. The van der Waals surface area contributed by atoms with Gasteiger partial charge in [0.2, 0.25) is 0 Å². The molecule has 9 heteroatoms. The molecule has 4 aromatic rings. The molecule has 35 heavy (non-hydrogen) atoms. The van der Waals surface area contributed by atoms with E-state index in [0.29, 0.717) is 11.4 Å². The smallest absolute Gasteiger partial charge is 0.255 e. The Morgan fingerprint density at radius 1 is 0.600 bits per heavy atom. The molecular formula is C26H20F2N4O2S. The summed E-state index contributed by atoms with van der Waals surface area (Å²) in [6.45, 7) is 0. The van der Waals surface area contributed by atoms with Crippen LogP contribution >= 0.6 is 11.8 Å². The minimum atomic E-state index is -0.644. The van der Waals surface area contributed by atoms with Gasteiger partial charge < -0.3 is 22.1 Å². The predicted octanol–water partition coefficient (Wildman–Crippen LogP) is 5.79. The number of carbonyl (C=O) groups is 2. The van der Waals surface area contributed by atoms with Gasteiger partial charge in [-0.3, -0.25) is 9.59 Å². The Morgan fingerprint density at radius 3 is 1.31 bits per heavy atom. The highest BCUT2D eigenvalue weighted by atomic mass is 32.2. The van der Waals surface area contributed by atoms with Gasteiger partial charge in [-0.25, -0.2) is 8.78 Å². The van der Waals surface area contributed by atoms with Crippen LogP contribution in [-0.4, -0.2) is 11.8 Å². The van der Waals surface area contributed by atoms with Crippen LogP contribution in [0.25, 0.3) is 0 Å². The second kappa shape index (κ2) is 10.3. The molecule has 0 unspecified atom stereocenters. The summed E-state index contributed by atoms with van der Waals surface area (Å²) in [5, 5.41) is 5.43. The van der Waals surface area contributed by atoms with E-state index in [4.69, 9.17) is 11.5 Å². The third-order valence-corrected chi connectivity index (χ3v) is 6.00. The summed E-state index contributed by atoms with van der Waals surface area (Å²) >= 11 is 1.49. The van der Waals surface area contributed by atoms with Gasteiger partial charge in [0.1, 0.15) is 11.6 Å². The molecule has 0 aromatic heterocycles. The van der Waals surface area contributed by atoms with Crippen LogP contribution in [-0.2, 0) is 0 Å². The molecule has 0 spiro atoms. The third-order valence-electron chi connectivity index (χ3n) is 4.99. The van der Waals surface area contributed by atoms with Crippen LogP contribution in [0.5, 0.6) is 0 Å². The molecule has 0 aliphatic heterocycles. The molecule has 0 saturated heterocycles. The van der Waals surface area contributed by atoms with Crippen LogP contribution in [0.1, 0.15) is 20.7 Å². The monoisotopic (exact) mass is 490 g/mol. The third kappa shape index (κ3) is 5.96.